The largest absolute Gasteiger partial charge is 0.324 e. The number of urea groups is 1. The molecule has 1 atom stereocenters. The molecule has 1 unspecified atom stereocenters. The molecule has 1 aromatic rings. The number of nitrogens with zero attached hydrogens (tertiary/aromatic N) is 1. The van der Waals surface area contributed by atoms with Gasteiger partial charge in [-0.3, -0.25) is 0 Å². The summed E-state index contributed by atoms with van der Waals surface area (Å²) in [5.74, 6) is -1.68. The van der Waals surface area contributed by atoms with Gasteiger partial charge in [-0.15, -0.1) is 0 Å². The maximum absolute atomic E-state index is 13.4. The van der Waals surface area contributed by atoms with Gasteiger partial charge in [0, 0.05) is 19.2 Å². The zero-order valence-corrected chi connectivity index (χ0v) is 11.6. The molecule has 5 nitrogen and oxygen atoms in total. The standard InChI is InChI=1S/C12H14F2N2O3S/c1-16(9-4-5-20(18,19)7-9)12(17)15-11-3-2-8(13)6-10(11)14/h2-3,6,9H,4-5,7H2,1H3,(H,15,17). The van der Waals surface area contributed by atoms with Gasteiger partial charge < -0.3 is 10.2 Å². The molecule has 1 saturated heterocycles. The maximum Gasteiger partial charge on any atom is 0.321 e. The summed E-state index contributed by atoms with van der Waals surface area (Å²) in [6.07, 6.45) is 0.359. The quantitative estimate of drug-likeness (QED) is 0.903. The minimum atomic E-state index is -3.11. The lowest BCUT2D eigenvalue weighted by Gasteiger charge is -2.23. The molecule has 2 amide bonds. The molecule has 1 aliphatic heterocycles. The average Bonchev–Trinajstić information content (AvgIpc) is 2.72. The van der Waals surface area contributed by atoms with E-state index in [9.17, 15) is 22.0 Å². The molecule has 0 aromatic heterocycles. The van der Waals surface area contributed by atoms with Crippen LogP contribution in [0.4, 0.5) is 19.3 Å². The van der Waals surface area contributed by atoms with Crippen molar-refractivity contribution in [1.29, 1.82) is 0 Å². The number of anilines is 1. The molecule has 1 fully saturated rings. The van der Waals surface area contributed by atoms with Crippen LogP contribution in [-0.4, -0.2) is 43.9 Å². The number of nitrogens with one attached hydrogen (secondary N) is 1. The van der Waals surface area contributed by atoms with Crippen molar-refractivity contribution < 1.29 is 22.0 Å². The molecule has 1 heterocycles. The fraction of sp³-hybridized carbons (Fsp3) is 0.417. The average molecular weight is 304 g/mol. The summed E-state index contributed by atoms with van der Waals surface area (Å²) in [6.45, 7) is 0. The van der Waals surface area contributed by atoms with Crippen molar-refractivity contribution in [2.45, 2.75) is 12.5 Å². The minimum absolute atomic E-state index is 0.0419. The van der Waals surface area contributed by atoms with Crippen LogP contribution in [0, 0.1) is 11.6 Å². The topological polar surface area (TPSA) is 66.5 Å². The molecule has 0 bridgehead atoms. The van der Waals surface area contributed by atoms with Crippen LogP contribution in [0.25, 0.3) is 0 Å². The maximum atomic E-state index is 13.4. The molecule has 0 saturated carbocycles. The molecular weight excluding hydrogens is 290 g/mol. The highest BCUT2D eigenvalue weighted by Crippen LogP contribution is 2.19. The first-order chi connectivity index (χ1) is 9.28. The number of rotatable bonds is 2. The van der Waals surface area contributed by atoms with Crippen LogP contribution >= 0.6 is 0 Å². The fourth-order valence-corrected chi connectivity index (χ4v) is 3.82. The normalized spacial score (nSPS) is 20.6. The van der Waals surface area contributed by atoms with Gasteiger partial charge in [-0.25, -0.2) is 22.0 Å². The Labute approximate surface area is 115 Å². The number of carbonyl (C=O) groups is 1. The minimum Gasteiger partial charge on any atom is -0.324 e. The van der Waals surface area contributed by atoms with E-state index in [-0.39, 0.29) is 17.2 Å². The molecule has 2 rings (SSSR count). The Kier molecular flexibility index (Phi) is 3.94. The van der Waals surface area contributed by atoms with Crippen molar-refractivity contribution in [3.8, 4) is 0 Å². The number of hydrogen-bond donors (Lipinski definition) is 1. The van der Waals surface area contributed by atoms with Gasteiger partial charge in [-0.05, 0) is 18.6 Å². The SMILES string of the molecule is CN(C(=O)Nc1ccc(F)cc1F)C1CCS(=O)(=O)C1. The van der Waals surface area contributed by atoms with Crippen molar-refractivity contribution in [3.63, 3.8) is 0 Å². The first-order valence-corrected chi connectivity index (χ1v) is 7.80. The Morgan fingerprint density at radius 3 is 2.65 bits per heavy atom. The van der Waals surface area contributed by atoms with Crippen molar-refractivity contribution >= 4 is 21.6 Å². The number of sulfone groups is 1. The zero-order chi connectivity index (χ0) is 14.9. The lowest BCUT2D eigenvalue weighted by molar-refractivity contribution is 0.209. The number of carbonyl (C=O) groups excluding carboxylic acids is 1. The third-order valence-corrected chi connectivity index (χ3v) is 5.00. The van der Waals surface area contributed by atoms with E-state index < -0.39 is 33.5 Å². The molecule has 1 N–H and O–H groups in total. The highest BCUT2D eigenvalue weighted by atomic mass is 32.2. The summed E-state index contributed by atoms with van der Waals surface area (Å²) >= 11 is 0. The van der Waals surface area contributed by atoms with Gasteiger partial charge in [-0.1, -0.05) is 0 Å². The van der Waals surface area contributed by atoms with E-state index in [1.807, 2.05) is 0 Å². The second-order valence-corrected chi connectivity index (χ2v) is 6.95. The van der Waals surface area contributed by atoms with Gasteiger partial charge in [0.1, 0.15) is 11.6 Å². The third kappa shape index (κ3) is 3.24. The highest BCUT2D eigenvalue weighted by Gasteiger charge is 2.32. The predicted molar refractivity (Wildman–Crippen MR) is 70.2 cm³/mol. The summed E-state index contributed by atoms with van der Waals surface area (Å²) in [6, 6.07) is 1.75. The van der Waals surface area contributed by atoms with E-state index in [1.165, 1.54) is 11.9 Å². The van der Waals surface area contributed by atoms with Crippen LogP contribution in [0.5, 0.6) is 0 Å². The summed E-state index contributed by atoms with van der Waals surface area (Å²) in [5.41, 5.74) is -0.149. The van der Waals surface area contributed by atoms with Crippen LogP contribution in [0.3, 0.4) is 0 Å². The lowest BCUT2D eigenvalue weighted by atomic mass is 10.2. The second kappa shape index (κ2) is 5.35. The van der Waals surface area contributed by atoms with E-state index in [0.717, 1.165) is 12.1 Å². The molecule has 1 aliphatic rings. The molecule has 110 valence electrons. The third-order valence-electron chi connectivity index (χ3n) is 3.25. The van der Waals surface area contributed by atoms with E-state index in [0.29, 0.717) is 12.5 Å². The molecule has 20 heavy (non-hydrogen) atoms. The molecule has 8 heteroatoms. The predicted octanol–water partition coefficient (Wildman–Crippen LogP) is 1.62. The summed E-state index contributed by atoms with van der Waals surface area (Å²) in [5, 5.41) is 2.29. The highest BCUT2D eigenvalue weighted by molar-refractivity contribution is 7.91. The van der Waals surface area contributed by atoms with Crippen molar-refractivity contribution in [3.05, 3.63) is 29.8 Å². The Bertz CT molecular complexity index is 634. The molecule has 0 radical (unpaired) electrons. The number of benzene rings is 1. The Morgan fingerprint density at radius 1 is 1.40 bits per heavy atom. The summed E-state index contributed by atoms with van der Waals surface area (Å²) < 4.78 is 48.9. The number of halogens is 2. The zero-order valence-electron chi connectivity index (χ0n) is 10.8. The fourth-order valence-electron chi connectivity index (χ4n) is 2.04. The van der Waals surface area contributed by atoms with E-state index in [4.69, 9.17) is 0 Å². The Hall–Kier alpha value is -1.70. The van der Waals surface area contributed by atoms with Crippen LogP contribution in [0.2, 0.25) is 0 Å². The van der Waals surface area contributed by atoms with Crippen LogP contribution in [0.1, 0.15) is 6.42 Å². The van der Waals surface area contributed by atoms with Gasteiger partial charge >= 0.3 is 6.03 Å². The molecular formula is C12H14F2N2O3S. The number of amides is 2. The lowest BCUT2D eigenvalue weighted by Crippen LogP contribution is -2.40. The first kappa shape index (κ1) is 14.7. The first-order valence-electron chi connectivity index (χ1n) is 5.98. The van der Waals surface area contributed by atoms with Gasteiger partial charge in [0.05, 0.1) is 17.2 Å². The van der Waals surface area contributed by atoms with Gasteiger partial charge in [0.2, 0.25) is 0 Å². The van der Waals surface area contributed by atoms with Gasteiger partial charge in [0.15, 0.2) is 9.84 Å². The molecule has 1 aromatic carbocycles. The van der Waals surface area contributed by atoms with Gasteiger partial charge in [0.25, 0.3) is 0 Å². The van der Waals surface area contributed by atoms with Crippen molar-refractivity contribution in [1.82, 2.24) is 4.90 Å². The van der Waals surface area contributed by atoms with E-state index >= 15 is 0 Å². The van der Waals surface area contributed by atoms with Crippen molar-refractivity contribution in [2.24, 2.45) is 0 Å². The summed E-state index contributed by atoms with van der Waals surface area (Å²) in [7, 11) is -1.66. The second-order valence-electron chi connectivity index (χ2n) is 4.72. The Morgan fingerprint density at radius 2 is 2.10 bits per heavy atom. The van der Waals surface area contributed by atoms with Crippen LogP contribution in [-0.2, 0) is 9.84 Å². The van der Waals surface area contributed by atoms with Crippen LogP contribution in [0.15, 0.2) is 18.2 Å². The van der Waals surface area contributed by atoms with E-state index in [2.05, 4.69) is 5.32 Å². The van der Waals surface area contributed by atoms with Crippen molar-refractivity contribution in [2.75, 3.05) is 23.9 Å². The Balaban J connectivity index is 2.05. The molecule has 0 aliphatic carbocycles. The number of hydrogen-bond acceptors (Lipinski definition) is 3. The smallest absolute Gasteiger partial charge is 0.321 e. The monoisotopic (exact) mass is 304 g/mol. The molecule has 0 spiro atoms. The summed E-state index contributed by atoms with van der Waals surface area (Å²) in [4.78, 5) is 13.1. The van der Waals surface area contributed by atoms with Gasteiger partial charge in [-0.2, -0.15) is 0 Å². The van der Waals surface area contributed by atoms with E-state index in [1.54, 1.807) is 0 Å². The van der Waals surface area contributed by atoms with Crippen LogP contribution < -0.4 is 5.32 Å².